The summed E-state index contributed by atoms with van der Waals surface area (Å²) in [5, 5.41) is 4.67. The molecule has 184 valence electrons. The number of aromatic nitrogens is 2. The number of esters is 2. The van der Waals surface area contributed by atoms with Gasteiger partial charge in [0.15, 0.2) is 17.2 Å². The van der Waals surface area contributed by atoms with Crippen LogP contribution in [0.1, 0.15) is 26.4 Å². The lowest BCUT2D eigenvalue weighted by atomic mass is 10.0. The number of carbonyl (C=O) groups excluding carboxylic acids is 2. The van der Waals surface area contributed by atoms with E-state index in [1.807, 2.05) is 30.3 Å². The van der Waals surface area contributed by atoms with Crippen LogP contribution in [0.15, 0.2) is 77.3 Å². The second-order valence-electron chi connectivity index (χ2n) is 7.56. The summed E-state index contributed by atoms with van der Waals surface area (Å²) in [4.78, 5) is 25.9. The third kappa shape index (κ3) is 4.96. The predicted octanol–water partition coefficient (Wildman–Crippen LogP) is 5.46. The minimum atomic E-state index is -0.742. The molecule has 0 aliphatic heterocycles. The van der Waals surface area contributed by atoms with Gasteiger partial charge in [-0.25, -0.2) is 14.3 Å². The Morgan fingerprint density at radius 1 is 0.889 bits per heavy atom. The van der Waals surface area contributed by atoms with Gasteiger partial charge in [0.05, 0.1) is 27.0 Å². The molecule has 1 aromatic heterocycles. The van der Waals surface area contributed by atoms with Gasteiger partial charge < -0.3 is 18.9 Å². The van der Waals surface area contributed by atoms with E-state index in [1.54, 1.807) is 42.5 Å². The third-order valence-electron chi connectivity index (χ3n) is 5.38. The smallest absolute Gasteiger partial charge is 0.357 e. The van der Waals surface area contributed by atoms with Crippen molar-refractivity contribution >= 4 is 27.9 Å². The van der Waals surface area contributed by atoms with E-state index in [1.165, 1.54) is 26.0 Å². The lowest BCUT2D eigenvalue weighted by Gasteiger charge is -2.15. The van der Waals surface area contributed by atoms with Gasteiger partial charge in [0.25, 0.3) is 0 Å². The zero-order valence-corrected chi connectivity index (χ0v) is 21.4. The Morgan fingerprint density at radius 3 is 2.28 bits per heavy atom. The molecule has 0 aliphatic rings. The molecule has 36 heavy (non-hydrogen) atoms. The summed E-state index contributed by atoms with van der Waals surface area (Å²) in [6.45, 7) is 0.226. The van der Waals surface area contributed by atoms with Crippen LogP contribution in [0.4, 0.5) is 0 Å². The van der Waals surface area contributed by atoms with Crippen molar-refractivity contribution in [2.24, 2.45) is 0 Å². The Balaban J connectivity index is 1.94. The minimum absolute atomic E-state index is 0.0474. The standard InChI is InChI=1S/C27H23BrN2O6/c1-33-21-14-8-13-20(25(21)36-16-17-9-7-10-18(28)15-17)23-22(26(31)34-2)24(27(32)35-3)30(29-23)19-11-5-4-6-12-19/h4-15H,16H2,1-3H3. The van der Waals surface area contributed by atoms with Gasteiger partial charge >= 0.3 is 11.9 Å². The fraction of sp³-hybridized carbons (Fsp3) is 0.148. The van der Waals surface area contributed by atoms with Crippen LogP contribution in [0.25, 0.3) is 16.9 Å². The molecule has 0 amide bonds. The molecule has 0 atom stereocenters. The number of ether oxygens (including phenoxy) is 4. The molecule has 0 unspecified atom stereocenters. The molecule has 4 aromatic rings. The summed E-state index contributed by atoms with van der Waals surface area (Å²) in [5.74, 6) is -0.683. The van der Waals surface area contributed by atoms with Crippen molar-refractivity contribution in [3.8, 4) is 28.4 Å². The average molecular weight is 551 g/mol. The van der Waals surface area contributed by atoms with Crippen molar-refractivity contribution in [1.82, 2.24) is 9.78 Å². The Hall–Kier alpha value is -4.11. The first-order valence-corrected chi connectivity index (χ1v) is 11.7. The number of carbonyl (C=O) groups is 2. The minimum Gasteiger partial charge on any atom is -0.493 e. The van der Waals surface area contributed by atoms with Gasteiger partial charge in [-0.1, -0.05) is 52.3 Å². The second kappa shape index (κ2) is 11.1. The number of hydrogen-bond acceptors (Lipinski definition) is 7. The highest BCUT2D eigenvalue weighted by molar-refractivity contribution is 9.10. The van der Waals surface area contributed by atoms with E-state index >= 15 is 0 Å². The molecule has 0 N–H and O–H groups in total. The van der Waals surface area contributed by atoms with Crippen molar-refractivity contribution < 1.29 is 28.5 Å². The van der Waals surface area contributed by atoms with Crippen LogP contribution in [0, 0.1) is 0 Å². The molecule has 0 aliphatic carbocycles. The lowest BCUT2D eigenvalue weighted by Crippen LogP contribution is -2.15. The molecule has 1 heterocycles. The van der Waals surface area contributed by atoms with Gasteiger partial charge in [0, 0.05) is 10.0 Å². The Kier molecular flexibility index (Phi) is 7.70. The molecule has 8 nitrogen and oxygen atoms in total. The molecule has 0 saturated carbocycles. The first kappa shape index (κ1) is 25.0. The van der Waals surface area contributed by atoms with Crippen LogP contribution >= 0.6 is 15.9 Å². The fourth-order valence-electron chi connectivity index (χ4n) is 3.74. The maximum Gasteiger partial charge on any atom is 0.357 e. The number of para-hydroxylation sites is 2. The van der Waals surface area contributed by atoms with Crippen molar-refractivity contribution in [2.45, 2.75) is 6.61 Å². The first-order valence-electron chi connectivity index (χ1n) is 10.9. The van der Waals surface area contributed by atoms with Crippen LogP contribution in [0.5, 0.6) is 11.5 Å². The zero-order valence-electron chi connectivity index (χ0n) is 19.9. The lowest BCUT2D eigenvalue weighted by molar-refractivity contribution is 0.0549. The molecule has 3 aromatic carbocycles. The van der Waals surface area contributed by atoms with Crippen molar-refractivity contribution in [2.75, 3.05) is 21.3 Å². The van der Waals surface area contributed by atoms with Gasteiger partial charge in [-0.05, 0) is 42.0 Å². The quantitative estimate of drug-likeness (QED) is 0.269. The first-order chi connectivity index (χ1) is 17.5. The van der Waals surface area contributed by atoms with Crippen LogP contribution < -0.4 is 9.47 Å². The largest absolute Gasteiger partial charge is 0.493 e. The Morgan fingerprint density at radius 2 is 1.61 bits per heavy atom. The molecule has 0 bridgehead atoms. The fourth-order valence-corrected chi connectivity index (χ4v) is 4.18. The summed E-state index contributed by atoms with van der Waals surface area (Å²) in [6, 6.07) is 21.9. The van der Waals surface area contributed by atoms with E-state index in [2.05, 4.69) is 21.0 Å². The van der Waals surface area contributed by atoms with E-state index < -0.39 is 11.9 Å². The van der Waals surface area contributed by atoms with Crippen molar-refractivity contribution in [3.05, 3.63) is 94.1 Å². The van der Waals surface area contributed by atoms with E-state index in [0.717, 1.165) is 10.0 Å². The number of nitrogens with zero attached hydrogens (tertiary/aromatic N) is 2. The predicted molar refractivity (Wildman–Crippen MR) is 137 cm³/mol. The summed E-state index contributed by atoms with van der Waals surface area (Å²) in [6.07, 6.45) is 0. The van der Waals surface area contributed by atoms with Gasteiger partial charge in [-0.2, -0.15) is 5.10 Å². The molecular weight excluding hydrogens is 528 g/mol. The second-order valence-corrected chi connectivity index (χ2v) is 8.47. The third-order valence-corrected chi connectivity index (χ3v) is 5.87. The molecule has 0 spiro atoms. The number of benzene rings is 3. The summed E-state index contributed by atoms with van der Waals surface area (Å²) >= 11 is 3.47. The maximum absolute atomic E-state index is 13.0. The van der Waals surface area contributed by atoms with E-state index in [4.69, 9.17) is 18.9 Å². The highest BCUT2D eigenvalue weighted by Gasteiger charge is 2.33. The molecule has 9 heteroatoms. The monoisotopic (exact) mass is 550 g/mol. The molecule has 0 fully saturated rings. The van der Waals surface area contributed by atoms with Crippen LogP contribution in [-0.4, -0.2) is 43.0 Å². The highest BCUT2D eigenvalue weighted by atomic mass is 79.9. The van der Waals surface area contributed by atoms with E-state index in [0.29, 0.717) is 22.7 Å². The number of methoxy groups -OCH3 is 3. The molecular formula is C27H23BrN2O6. The highest BCUT2D eigenvalue weighted by Crippen LogP contribution is 2.41. The van der Waals surface area contributed by atoms with E-state index in [9.17, 15) is 9.59 Å². The Bertz CT molecular complexity index is 1400. The van der Waals surface area contributed by atoms with Crippen molar-refractivity contribution in [1.29, 1.82) is 0 Å². The summed E-state index contributed by atoms with van der Waals surface area (Å²) in [5.41, 5.74) is 2.01. The summed E-state index contributed by atoms with van der Waals surface area (Å²) < 4.78 is 24.1. The summed E-state index contributed by atoms with van der Waals surface area (Å²) in [7, 11) is 4.00. The van der Waals surface area contributed by atoms with Crippen LogP contribution in [-0.2, 0) is 16.1 Å². The van der Waals surface area contributed by atoms with Gasteiger partial charge in [0.2, 0.25) is 0 Å². The molecule has 0 radical (unpaired) electrons. The van der Waals surface area contributed by atoms with E-state index in [-0.39, 0.29) is 23.6 Å². The number of halogens is 1. The van der Waals surface area contributed by atoms with Gasteiger partial charge in [-0.3, -0.25) is 0 Å². The van der Waals surface area contributed by atoms with Crippen molar-refractivity contribution in [3.63, 3.8) is 0 Å². The number of rotatable bonds is 8. The average Bonchev–Trinajstić information content (AvgIpc) is 3.32. The maximum atomic E-state index is 13.0. The zero-order chi connectivity index (χ0) is 25.7. The molecule has 4 rings (SSSR count). The molecule has 0 saturated heterocycles. The van der Waals surface area contributed by atoms with Gasteiger partial charge in [-0.15, -0.1) is 0 Å². The topological polar surface area (TPSA) is 88.9 Å². The number of hydrogen-bond donors (Lipinski definition) is 0. The van der Waals surface area contributed by atoms with Crippen LogP contribution in [0.3, 0.4) is 0 Å². The van der Waals surface area contributed by atoms with Crippen LogP contribution in [0.2, 0.25) is 0 Å². The SMILES string of the molecule is COC(=O)c1c(-c2cccc(OC)c2OCc2cccc(Br)c2)nn(-c2ccccc2)c1C(=O)OC. The van der Waals surface area contributed by atoms with Gasteiger partial charge in [0.1, 0.15) is 17.9 Å². The normalized spacial score (nSPS) is 10.6. The Labute approximate surface area is 216 Å².